The van der Waals surface area contributed by atoms with Crippen molar-refractivity contribution in [2.75, 3.05) is 0 Å². The van der Waals surface area contributed by atoms with Crippen LogP contribution in [0.2, 0.25) is 0 Å². The zero-order chi connectivity index (χ0) is 33.7. The molecule has 4 aromatic carbocycles. The van der Waals surface area contributed by atoms with Crippen LogP contribution in [0.25, 0.3) is 39.7 Å². The first-order valence-electron chi connectivity index (χ1n) is 14.6. The Bertz CT molecular complexity index is 1860. The van der Waals surface area contributed by atoms with Crippen molar-refractivity contribution in [1.29, 1.82) is 0 Å². The standard InChI is InChI=1S/C36H26F8N2O/c1-2-3-4-5-21-19-45-35(46-20-21)23-8-6-22(7-9-23)24-10-11-27(29(37)14-24)25-15-30(38)28(31(39)16-25)12-13-36(43,44)47-26-17-32(40)34(42)33(41)18-26/h6-20H,2-5H2,1H3/b13-12+. The van der Waals surface area contributed by atoms with Crippen molar-refractivity contribution in [3.05, 3.63) is 131 Å². The van der Waals surface area contributed by atoms with E-state index in [2.05, 4.69) is 21.6 Å². The fourth-order valence-electron chi connectivity index (χ4n) is 4.81. The number of rotatable bonds is 11. The molecule has 0 N–H and O–H groups in total. The topological polar surface area (TPSA) is 35.0 Å². The van der Waals surface area contributed by atoms with Crippen molar-refractivity contribution in [3.8, 4) is 39.4 Å². The maximum atomic E-state index is 15.2. The molecule has 1 heterocycles. The van der Waals surface area contributed by atoms with E-state index >= 15 is 4.39 Å². The maximum absolute atomic E-state index is 15.2. The van der Waals surface area contributed by atoms with Gasteiger partial charge in [0.2, 0.25) is 0 Å². The van der Waals surface area contributed by atoms with Crippen LogP contribution in [-0.2, 0) is 6.42 Å². The number of halogens is 8. The van der Waals surface area contributed by atoms with Crippen molar-refractivity contribution >= 4 is 6.08 Å². The van der Waals surface area contributed by atoms with Crippen LogP contribution in [0.3, 0.4) is 0 Å². The smallest absolute Gasteiger partial charge is 0.419 e. The Labute approximate surface area is 265 Å². The number of hydrogen-bond acceptors (Lipinski definition) is 3. The SMILES string of the molecule is CCCCCc1cnc(-c2ccc(-c3ccc(-c4cc(F)c(/C=C/C(F)(F)Oc5cc(F)c(F)c(F)c5)c(F)c4)c(F)c3)cc2)nc1. The van der Waals surface area contributed by atoms with Crippen molar-refractivity contribution in [3.63, 3.8) is 0 Å². The monoisotopic (exact) mass is 654 g/mol. The minimum Gasteiger partial charge on any atom is -0.429 e. The molecular formula is C36H26F8N2O. The van der Waals surface area contributed by atoms with E-state index in [0.717, 1.165) is 48.9 Å². The molecule has 0 radical (unpaired) electrons. The number of aromatic nitrogens is 2. The van der Waals surface area contributed by atoms with Gasteiger partial charge in [-0.25, -0.2) is 36.3 Å². The van der Waals surface area contributed by atoms with E-state index in [9.17, 15) is 30.7 Å². The molecular weight excluding hydrogens is 628 g/mol. The van der Waals surface area contributed by atoms with E-state index in [1.807, 2.05) is 0 Å². The first-order valence-corrected chi connectivity index (χ1v) is 14.6. The number of aryl methyl sites for hydroxylation is 1. The third-order valence-electron chi connectivity index (χ3n) is 7.27. The molecule has 242 valence electrons. The molecule has 0 aliphatic carbocycles. The number of nitrogens with zero attached hydrogens (tertiary/aromatic N) is 2. The van der Waals surface area contributed by atoms with Crippen molar-refractivity contribution in [1.82, 2.24) is 9.97 Å². The van der Waals surface area contributed by atoms with Gasteiger partial charge in [-0.15, -0.1) is 0 Å². The molecule has 0 saturated carbocycles. The predicted molar refractivity (Wildman–Crippen MR) is 162 cm³/mol. The molecule has 0 unspecified atom stereocenters. The van der Waals surface area contributed by atoms with Crippen LogP contribution in [0.5, 0.6) is 5.75 Å². The lowest BCUT2D eigenvalue weighted by Gasteiger charge is -2.15. The molecule has 0 amide bonds. The summed E-state index contributed by atoms with van der Waals surface area (Å²) >= 11 is 0. The van der Waals surface area contributed by atoms with Gasteiger partial charge in [-0.1, -0.05) is 56.2 Å². The average Bonchev–Trinajstić information content (AvgIpc) is 3.03. The highest BCUT2D eigenvalue weighted by Crippen LogP contribution is 2.32. The van der Waals surface area contributed by atoms with E-state index in [1.165, 1.54) is 12.1 Å². The Morgan fingerprint density at radius 1 is 0.660 bits per heavy atom. The molecule has 0 aliphatic rings. The van der Waals surface area contributed by atoms with Crippen molar-refractivity contribution in [2.45, 2.75) is 38.7 Å². The maximum Gasteiger partial charge on any atom is 0.419 e. The van der Waals surface area contributed by atoms with Gasteiger partial charge in [0.1, 0.15) is 23.2 Å². The molecule has 0 atom stereocenters. The van der Waals surface area contributed by atoms with Gasteiger partial charge in [-0.2, -0.15) is 8.78 Å². The molecule has 3 nitrogen and oxygen atoms in total. The molecule has 1 aromatic heterocycles. The average molecular weight is 655 g/mol. The quantitative estimate of drug-likeness (QED) is 0.0808. The van der Waals surface area contributed by atoms with Crippen LogP contribution in [0, 0.1) is 34.9 Å². The second-order valence-corrected chi connectivity index (χ2v) is 10.7. The number of benzene rings is 4. The molecule has 0 aliphatic heterocycles. The molecule has 0 fully saturated rings. The first kappa shape index (κ1) is 33.3. The molecule has 0 saturated heterocycles. The zero-order valence-corrected chi connectivity index (χ0v) is 24.8. The van der Waals surface area contributed by atoms with Crippen LogP contribution in [0.1, 0.15) is 37.3 Å². The summed E-state index contributed by atoms with van der Waals surface area (Å²) in [5.41, 5.74) is 1.77. The Morgan fingerprint density at radius 2 is 1.23 bits per heavy atom. The molecule has 5 rings (SSSR count). The largest absolute Gasteiger partial charge is 0.429 e. The number of unbranched alkanes of at least 4 members (excludes halogenated alkanes) is 2. The summed E-state index contributed by atoms with van der Waals surface area (Å²) in [5, 5.41) is 0. The van der Waals surface area contributed by atoms with Gasteiger partial charge in [0.05, 0.1) is 0 Å². The van der Waals surface area contributed by atoms with Crippen LogP contribution in [0.4, 0.5) is 35.1 Å². The minimum atomic E-state index is -4.29. The summed E-state index contributed by atoms with van der Waals surface area (Å²) in [6.45, 7) is 2.14. The Hall–Kier alpha value is -5.06. The number of hydrogen-bond donors (Lipinski definition) is 0. The first-order chi connectivity index (χ1) is 22.4. The van der Waals surface area contributed by atoms with Crippen LogP contribution >= 0.6 is 0 Å². The Kier molecular flexibility index (Phi) is 10.0. The lowest BCUT2D eigenvalue weighted by molar-refractivity contribution is -0.131. The number of ether oxygens (including phenoxy) is 1. The fourth-order valence-corrected chi connectivity index (χ4v) is 4.81. The van der Waals surface area contributed by atoms with Crippen LogP contribution < -0.4 is 4.74 Å². The normalized spacial score (nSPS) is 11.8. The third-order valence-corrected chi connectivity index (χ3v) is 7.27. The predicted octanol–water partition coefficient (Wildman–Crippen LogP) is 10.7. The molecule has 11 heteroatoms. The highest BCUT2D eigenvalue weighted by Gasteiger charge is 2.29. The molecule has 47 heavy (non-hydrogen) atoms. The summed E-state index contributed by atoms with van der Waals surface area (Å²) in [7, 11) is 0. The number of alkyl halides is 2. The second kappa shape index (κ2) is 14.1. The van der Waals surface area contributed by atoms with Gasteiger partial charge in [-0.05, 0) is 59.4 Å². The lowest BCUT2D eigenvalue weighted by Crippen LogP contribution is -2.21. The van der Waals surface area contributed by atoms with Crippen molar-refractivity contribution < 1.29 is 39.9 Å². The van der Waals surface area contributed by atoms with E-state index in [1.54, 1.807) is 42.7 Å². The van der Waals surface area contributed by atoms with Gasteiger partial charge in [0, 0.05) is 47.3 Å². The molecule has 0 bridgehead atoms. The highest BCUT2D eigenvalue weighted by molar-refractivity contribution is 5.73. The van der Waals surface area contributed by atoms with Gasteiger partial charge >= 0.3 is 6.11 Å². The summed E-state index contributed by atoms with van der Waals surface area (Å²) in [6.07, 6.45) is 3.89. The van der Waals surface area contributed by atoms with Gasteiger partial charge in [-0.3, -0.25) is 0 Å². The van der Waals surface area contributed by atoms with E-state index in [0.29, 0.717) is 23.0 Å². The fraction of sp³-hybridized carbons (Fsp3) is 0.167. The van der Waals surface area contributed by atoms with E-state index in [-0.39, 0.29) is 29.3 Å². The summed E-state index contributed by atoms with van der Waals surface area (Å²) in [5.74, 6) is -9.29. The molecule has 5 aromatic rings. The summed E-state index contributed by atoms with van der Waals surface area (Å²) in [4.78, 5) is 8.88. The third kappa shape index (κ3) is 8.03. The van der Waals surface area contributed by atoms with Crippen LogP contribution in [-0.4, -0.2) is 16.1 Å². The lowest BCUT2D eigenvalue weighted by atomic mass is 9.97. The van der Waals surface area contributed by atoms with Gasteiger partial charge in [0.25, 0.3) is 0 Å². The second-order valence-electron chi connectivity index (χ2n) is 10.7. The zero-order valence-electron chi connectivity index (χ0n) is 24.8. The minimum absolute atomic E-state index is 0.0518. The highest BCUT2D eigenvalue weighted by atomic mass is 19.3. The van der Waals surface area contributed by atoms with Crippen molar-refractivity contribution in [2.24, 2.45) is 0 Å². The Morgan fingerprint density at radius 3 is 1.83 bits per heavy atom. The van der Waals surface area contributed by atoms with Crippen LogP contribution in [0.15, 0.2) is 85.2 Å². The van der Waals surface area contributed by atoms with E-state index < -0.39 is 52.3 Å². The Balaban J connectivity index is 1.30. The van der Waals surface area contributed by atoms with Gasteiger partial charge in [0.15, 0.2) is 23.3 Å². The molecule has 0 spiro atoms. The summed E-state index contributed by atoms with van der Waals surface area (Å²) < 4.78 is 117. The van der Waals surface area contributed by atoms with E-state index in [4.69, 9.17) is 0 Å². The van der Waals surface area contributed by atoms with Gasteiger partial charge < -0.3 is 4.74 Å². The summed E-state index contributed by atoms with van der Waals surface area (Å²) in [6, 6.07) is 13.2.